The monoisotopic (exact) mass is 379 g/mol. The fourth-order valence-electron chi connectivity index (χ4n) is 2.06. The van der Waals surface area contributed by atoms with Crippen LogP contribution in [-0.4, -0.2) is 9.97 Å². The van der Waals surface area contributed by atoms with E-state index in [0.717, 1.165) is 21.4 Å². The van der Waals surface area contributed by atoms with Crippen LogP contribution in [-0.2, 0) is 0 Å². The first-order valence-corrected chi connectivity index (χ1v) is 8.07. The molecule has 0 aliphatic rings. The Balaban J connectivity index is 1.75. The molecule has 1 aromatic heterocycles. The summed E-state index contributed by atoms with van der Waals surface area (Å²) in [6, 6.07) is 17.1. The van der Waals surface area contributed by atoms with Crippen LogP contribution < -0.4 is 10.6 Å². The molecule has 0 spiro atoms. The fourth-order valence-corrected chi connectivity index (χ4v) is 2.44. The van der Waals surface area contributed by atoms with Gasteiger partial charge in [0, 0.05) is 22.0 Å². The Bertz CT molecular complexity index is 900. The molecule has 0 saturated heterocycles. The summed E-state index contributed by atoms with van der Waals surface area (Å²) >= 11 is 3.51. The minimum Gasteiger partial charge on any atom is -0.340 e. The smallest absolute Gasteiger partial charge is 0.229 e. The third-order valence-corrected chi connectivity index (χ3v) is 4.22. The van der Waals surface area contributed by atoms with E-state index in [1.807, 2.05) is 37.3 Å². The van der Waals surface area contributed by atoms with Crippen molar-refractivity contribution in [2.24, 2.45) is 0 Å². The zero-order valence-corrected chi connectivity index (χ0v) is 14.5. The maximum absolute atomic E-state index is 8.83. The third kappa shape index (κ3) is 3.89. The predicted molar refractivity (Wildman–Crippen MR) is 98.6 cm³/mol. The number of aryl methyl sites for hydroxylation is 1. The summed E-state index contributed by atoms with van der Waals surface area (Å²) in [5.74, 6) is 1.17. The number of nitrogens with one attached hydrogen (secondary N) is 2. The summed E-state index contributed by atoms with van der Waals surface area (Å²) in [4.78, 5) is 8.68. The Morgan fingerprint density at radius 1 is 1.00 bits per heavy atom. The highest BCUT2D eigenvalue weighted by Gasteiger charge is 2.03. The van der Waals surface area contributed by atoms with Crippen molar-refractivity contribution < 1.29 is 0 Å². The van der Waals surface area contributed by atoms with Crippen LogP contribution in [0.1, 0.15) is 11.1 Å². The van der Waals surface area contributed by atoms with Crippen LogP contribution in [0.25, 0.3) is 0 Å². The van der Waals surface area contributed by atoms with Crippen LogP contribution in [0.2, 0.25) is 0 Å². The highest BCUT2D eigenvalue weighted by molar-refractivity contribution is 9.10. The van der Waals surface area contributed by atoms with Gasteiger partial charge in [0.15, 0.2) is 0 Å². The zero-order valence-electron chi connectivity index (χ0n) is 12.9. The van der Waals surface area contributed by atoms with E-state index < -0.39 is 0 Å². The summed E-state index contributed by atoms with van der Waals surface area (Å²) in [6.45, 7) is 2.03. The van der Waals surface area contributed by atoms with Gasteiger partial charge in [0.2, 0.25) is 5.95 Å². The molecular weight excluding hydrogens is 366 g/mol. The van der Waals surface area contributed by atoms with E-state index in [1.165, 1.54) is 0 Å². The molecule has 0 atom stereocenters. The van der Waals surface area contributed by atoms with Gasteiger partial charge in [0.05, 0.1) is 11.6 Å². The molecule has 0 radical (unpaired) electrons. The van der Waals surface area contributed by atoms with E-state index in [0.29, 0.717) is 17.3 Å². The molecule has 5 nitrogen and oxygen atoms in total. The molecule has 24 heavy (non-hydrogen) atoms. The number of hydrogen-bond donors (Lipinski definition) is 2. The second-order valence-corrected chi connectivity index (χ2v) is 6.02. The van der Waals surface area contributed by atoms with E-state index in [9.17, 15) is 0 Å². The molecule has 118 valence electrons. The van der Waals surface area contributed by atoms with Crippen molar-refractivity contribution in [3.8, 4) is 6.07 Å². The van der Waals surface area contributed by atoms with Gasteiger partial charge >= 0.3 is 0 Å². The molecule has 0 fully saturated rings. The van der Waals surface area contributed by atoms with Gasteiger partial charge in [-0.05, 0) is 55.0 Å². The molecule has 3 rings (SSSR count). The summed E-state index contributed by atoms with van der Waals surface area (Å²) in [5, 5.41) is 15.2. The van der Waals surface area contributed by atoms with Crippen molar-refractivity contribution >= 4 is 39.1 Å². The SMILES string of the molecule is Cc1ccc(Nc2nccc(Nc3ccc(C#N)cc3)n2)cc1Br. The Kier molecular flexibility index (Phi) is 4.73. The lowest BCUT2D eigenvalue weighted by Gasteiger charge is -2.09. The van der Waals surface area contributed by atoms with Gasteiger partial charge in [0.1, 0.15) is 5.82 Å². The van der Waals surface area contributed by atoms with Crippen molar-refractivity contribution in [1.29, 1.82) is 5.26 Å². The average Bonchev–Trinajstić information content (AvgIpc) is 2.59. The molecule has 0 saturated carbocycles. The maximum atomic E-state index is 8.83. The summed E-state index contributed by atoms with van der Waals surface area (Å²) in [7, 11) is 0. The molecule has 2 N–H and O–H groups in total. The van der Waals surface area contributed by atoms with E-state index in [2.05, 4.69) is 42.6 Å². The largest absolute Gasteiger partial charge is 0.340 e. The van der Waals surface area contributed by atoms with Crippen LogP contribution in [0.15, 0.2) is 59.2 Å². The quantitative estimate of drug-likeness (QED) is 0.673. The molecule has 6 heteroatoms. The Labute approximate surface area is 148 Å². The summed E-state index contributed by atoms with van der Waals surface area (Å²) < 4.78 is 1.03. The predicted octanol–water partition coefficient (Wildman–Crippen LogP) is 4.91. The van der Waals surface area contributed by atoms with Crippen LogP contribution >= 0.6 is 15.9 Å². The lowest BCUT2D eigenvalue weighted by molar-refractivity contribution is 1.16. The van der Waals surface area contributed by atoms with Crippen molar-refractivity contribution in [2.45, 2.75) is 6.92 Å². The highest BCUT2D eigenvalue weighted by atomic mass is 79.9. The maximum Gasteiger partial charge on any atom is 0.229 e. The first-order valence-electron chi connectivity index (χ1n) is 7.27. The normalized spacial score (nSPS) is 10.0. The summed E-state index contributed by atoms with van der Waals surface area (Å²) in [6.07, 6.45) is 1.69. The van der Waals surface area contributed by atoms with Crippen molar-refractivity contribution in [3.63, 3.8) is 0 Å². The number of benzene rings is 2. The van der Waals surface area contributed by atoms with E-state index in [1.54, 1.807) is 24.4 Å². The number of anilines is 4. The van der Waals surface area contributed by atoms with E-state index in [-0.39, 0.29) is 0 Å². The molecule has 0 aliphatic carbocycles. The van der Waals surface area contributed by atoms with Crippen LogP contribution in [0.3, 0.4) is 0 Å². The van der Waals surface area contributed by atoms with Crippen LogP contribution in [0.4, 0.5) is 23.1 Å². The molecule has 0 unspecified atom stereocenters. The van der Waals surface area contributed by atoms with E-state index >= 15 is 0 Å². The summed E-state index contributed by atoms with van der Waals surface area (Å²) in [5.41, 5.74) is 3.55. The molecule has 0 aliphatic heterocycles. The molecule has 1 heterocycles. The number of rotatable bonds is 4. The molecule has 3 aromatic rings. The average molecular weight is 380 g/mol. The number of hydrogen-bond acceptors (Lipinski definition) is 5. The van der Waals surface area contributed by atoms with Crippen LogP contribution in [0, 0.1) is 18.3 Å². The highest BCUT2D eigenvalue weighted by Crippen LogP contribution is 2.23. The van der Waals surface area contributed by atoms with E-state index in [4.69, 9.17) is 5.26 Å². The minimum absolute atomic E-state index is 0.504. The number of aromatic nitrogens is 2. The van der Waals surface area contributed by atoms with Crippen molar-refractivity contribution in [1.82, 2.24) is 9.97 Å². The van der Waals surface area contributed by atoms with Gasteiger partial charge in [-0.2, -0.15) is 10.2 Å². The van der Waals surface area contributed by atoms with Gasteiger partial charge < -0.3 is 10.6 Å². The number of nitrogens with zero attached hydrogens (tertiary/aromatic N) is 3. The van der Waals surface area contributed by atoms with Gasteiger partial charge in [-0.15, -0.1) is 0 Å². The van der Waals surface area contributed by atoms with Gasteiger partial charge in [-0.25, -0.2) is 4.98 Å². The molecule has 0 bridgehead atoms. The standard InChI is InChI=1S/C18H14BrN5/c1-12-2-5-15(10-16(12)19)23-18-21-9-8-17(24-18)22-14-6-3-13(11-20)4-7-14/h2-10H,1H3,(H2,21,22,23,24). The van der Waals surface area contributed by atoms with Crippen LogP contribution in [0.5, 0.6) is 0 Å². The third-order valence-electron chi connectivity index (χ3n) is 3.37. The Morgan fingerprint density at radius 2 is 1.75 bits per heavy atom. The second-order valence-electron chi connectivity index (χ2n) is 5.17. The Hall–Kier alpha value is -2.91. The van der Waals surface area contributed by atoms with Gasteiger partial charge in [0.25, 0.3) is 0 Å². The second kappa shape index (κ2) is 7.11. The first-order chi connectivity index (χ1) is 11.6. The molecule has 0 amide bonds. The minimum atomic E-state index is 0.504. The zero-order chi connectivity index (χ0) is 16.9. The lowest BCUT2D eigenvalue weighted by Crippen LogP contribution is -2.00. The Morgan fingerprint density at radius 3 is 2.46 bits per heavy atom. The molecule has 2 aromatic carbocycles. The van der Waals surface area contributed by atoms with Gasteiger partial charge in [-0.1, -0.05) is 22.0 Å². The lowest BCUT2D eigenvalue weighted by atomic mass is 10.2. The van der Waals surface area contributed by atoms with Crippen molar-refractivity contribution in [2.75, 3.05) is 10.6 Å². The van der Waals surface area contributed by atoms with Gasteiger partial charge in [-0.3, -0.25) is 0 Å². The fraction of sp³-hybridized carbons (Fsp3) is 0.0556. The first kappa shape index (κ1) is 16.0. The number of nitriles is 1. The topological polar surface area (TPSA) is 73.6 Å². The molecular formula is C18H14BrN5. The van der Waals surface area contributed by atoms with Crippen molar-refractivity contribution in [3.05, 3.63) is 70.3 Å². The number of halogens is 1.